The molecule has 0 bridgehead atoms. The van der Waals surface area contributed by atoms with Crippen LogP contribution in [-0.4, -0.2) is 0 Å². The molecule has 0 fully saturated rings. The number of nitrogens with zero attached hydrogens (tertiary/aromatic N) is 1. The van der Waals surface area contributed by atoms with Crippen LogP contribution in [-0.2, 0) is 11.0 Å². The number of hydrogen-bond acceptors (Lipinski definition) is 1. The molecule has 2 heteroatoms. The lowest BCUT2D eigenvalue weighted by atomic mass is 9.60. The minimum atomic E-state index is 0.0611. The Morgan fingerprint density at radius 3 is 2.39 bits per heavy atom. The molecule has 0 aliphatic carbocycles. The molecule has 2 aromatic carbocycles. The Labute approximate surface area is 171 Å². The van der Waals surface area contributed by atoms with Crippen LogP contribution in [0.4, 0.5) is 0 Å². The Hall–Kier alpha value is -2.19. The highest BCUT2D eigenvalue weighted by atomic mass is 32.1. The fourth-order valence-corrected chi connectivity index (χ4v) is 6.81. The van der Waals surface area contributed by atoms with E-state index in [9.17, 15) is 0 Å². The maximum absolute atomic E-state index is 2.56. The number of hydrogen-bond donors (Lipinski definition) is 0. The van der Waals surface area contributed by atoms with E-state index in [1.165, 1.54) is 42.6 Å². The molecule has 2 atom stereocenters. The molecule has 1 nitrogen and oxygen atoms in total. The van der Waals surface area contributed by atoms with Crippen molar-refractivity contribution in [2.24, 2.45) is 0 Å². The number of thiophene rings is 1. The molecule has 2 aromatic heterocycles. The van der Waals surface area contributed by atoms with Crippen molar-refractivity contribution in [3.8, 4) is 11.3 Å². The van der Waals surface area contributed by atoms with Gasteiger partial charge in [0.25, 0.3) is 0 Å². The Kier molecular flexibility index (Phi) is 3.77. The topological polar surface area (TPSA) is 3.88 Å². The maximum atomic E-state index is 2.56. The van der Waals surface area contributed by atoms with Gasteiger partial charge in [0, 0.05) is 45.6 Å². The van der Waals surface area contributed by atoms with E-state index in [4.69, 9.17) is 0 Å². The molecule has 0 saturated heterocycles. The molecule has 4 aromatic rings. The van der Waals surface area contributed by atoms with Gasteiger partial charge in [-0.15, -0.1) is 11.3 Å². The summed E-state index contributed by atoms with van der Waals surface area (Å²) in [5.74, 6) is 0. The lowest BCUT2D eigenvalue weighted by Gasteiger charge is -2.46. The summed E-state index contributed by atoms with van der Waals surface area (Å²) in [6, 6.07) is 18.2. The average molecular weight is 387 g/mol. The van der Waals surface area contributed by atoms with Gasteiger partial charge in [0.05, 0.1) is 11.0 Å². The van der Waals surface area contributed by atoms with E-state index in [2.05, 4.69) is 93.9 Å². The van der Waals surface area contributed by atoms with Gasteiger partial charge in [-0.3, -0.25) is 0 Å². The summed E-state index contributed by atoms with van der Waals surface area (Å²) < 4.78 is 5.44. The second-order valence-electron chi connectivity index (χ2n) is 8.69. The molecule has 3 heterocycles. The number of benzene rings is 2. The highest BCUT2D eigenvalue weighted by Gasteiger charge is 2.56. The van der Waals surface area contributed by atoms with Crippen molar-refractivity contribution in [2.75, 3.05) is 0 Å². The highest BCUT2D eigenvalue weighted by Crippen LogP contribution is 2.53. The van der Waals surface area contributed by atoms with E-state index in [1.54, 1.807) is 0 Å². The summed E-state index contributed by atoms with van der Waals surface area (Å²) in [6.45, 7) is 11.8. The van der Waals surface area contributed by atoms with Crippen LogP contribution < -0.4 is 4.57 Å². The first-order valence-corrected chi connectivity index (χ1v) is 11.2. The third-order valence-electron chi connectivity index (χ3n) is 7.69. The van der Waals surface area contributed by atoms with Gasteiger partial charge >= 0.3 is 0 Å². The van der Waals surface area contributed by atoms with Crippen LogP contribution in [0.5, 0.6) is 0 Å². The van der Waals surface area contributed by atoms with Crippen LogP contribution >= 0.6 is 11.3 Å². The van der Waals surface area contributed by atoms with Gasteiger partial charge < -0.3 is 0 Å². The number of pyridine rings is 1. The zero-order chi connectivity index (χ0) is 19.7. The zero-order valence-electron chi connectivity index (χ0n) is 17.5. The predicted molar refractivity (Wildman–Crippen MR) is 121 cm³/mol. The van der Waals surface area contributed by atoms with Gasteiger partial charge in [-0.05, 0) is 37.5 Å². The first kappa shape index (κ1) is 17.9. The summed E-state index contributed by atoms with van der Waals surface area (Å²) in [4.78, 5) is 0. The van der Waals surface area contributed by atoms with Gasteiger partial charge in [0.2, 0.25) is 5.69 Å². The molecule has 1 aliphatic heterocycles. The molecule has 0 spiro atoms. The Balaban J connectivity index is 2.00. The summed E-state index contributed by atoms with van der Waals surface area (Å²) >= 11 is 1.97. The third kappa shape index (κ3) is 1.99. The molecular formula is C26H28NS+. The van der Waals surface area contributed by atoms with Gasteiger partial charge in [-0.25, -0.2) is 0 Å². The second kappa shape index (κ2) is 5.90. The molecule has 0 N–H and O–H groups in total. The normalized spacial score (nSPS) is 23.8. The quantitative estimate of drug-likeness (QED) is 0.323. The molecular weight excluding hydrogens is 358 g/mol. The van der Waals surface area contributed by atoms with Crippen molar-refractivity contribution in [2.45, 2.75) is 58.4 Å². The Morgan fingerprint density at radius 1 is 0.857 bits per heavy atom. The molecule has 0 radical (unpaired) electrons. The number of aromatic nitrogens is 1. The summed E-state index contributed by atoms with van der Waals surface area (Å²) in [7, 11) is 0. The molecule has 0 saturated carbocycles. The standard InChI is InChI=1S/C26H28NS/c1-6-25(4)20-15-14-19-18-12-10-11-17(3)23(18)28-24(19)22(20)21-13-8-9-16-27(21)26(25,5)7-2/h8-16H,6-7H2,1-5H3/q+1. The fourth-order valence-electron chi connectivity index (χ4n) is 5.48. The monoisotopic (exact) mass is 386 g/mol. The molecule has 1 aliphatic rings. The lowest BCUT2D eigenvalue weighted by Crippen LogP contribution is -2.67. The minimum Gasteiger partial charge on any atom is -0.192 e. The molecule has 2 unspecified atom stereocenters. The number of fused-ring (bicyclic) bond motifs is 7. The van der Waals surface area contributed by atoms with Crippen molar-refractivity contribution in [1.29, 1.82) is 0 Å². The van der Waals surface area contributed by atoms with Gasteiger partial charge in [0.15, 0.2) is 11.7 Å². The first-order chi connectivity index (χ1) is 13.5. The van der Waals surface area contributed by atoms with Crippen molar-refractivity contribution >= 4 is 31.5 Å². The van der Waals surface area contributed by atoms with Crippen molar-refractivity contribution in [3.63, 3.8) is 0 Å². The number of rotatable bonds is 2. The zero-order valence-corrected chi connectivity index (χ0v) is 18.3. The van der Waals surface area contributed by atoms with Crippen molar-refractivity contribution in [1.82, 2.24) is 0 Å². The molecule has 28 heavy (non-hydrogen) atoms. The average Bonchev–Trinajstić information content (AvgIpc) is 3.11. The predicted octanol–water partition coefficient (Wildman–Crippen LogP) is 7.12. The minimum absolute atomic E-state index is 0.0611. The summed E-state index contributed by atoms with van der Waals surface area (Å²) in [5, 5.41) is 2.80. The smallest absolute Gasteiger partial charge is 0.192 e. The third-order valence-corrected chi connectivity index (χ3v) is 9.06. The van der Waals surface area contributed by atoms with E-state index >= 15 is 0 Å². The van der Waals surface area contributed by atoms with E-state index in [1.807, 2.05) is 11.3 Å². The van der Waals surface area contributed by atoms with E-state index in [0.29, 0.717) is 0 Å². The molecule has 142 valence electrons. The molecule has 0 amide bonds. The van der Waals surface area contributed by atoms with E-state index in [0.717, 1.165) is 12.8 Å². The van der Waals surface area contributed by atoms with Crippen LogP contribution in [0.15, 0.2) is 54.7 Å². The Morgan fingerprint density at radius 2 is 1.64 bits per heavy atom. The fraction of sp³-hybridized carbons (Fsp3) is 0.346. The van der Waals surface area contributed by atoms with E-state index < -0.39 is 0 Å². The number of aryl methyl sites for hydroxylation is 1. The van der Waals surface area contributed by atoms with Crippen LogP contribution in [0.3, 0.4) is 0 Å². The van der Waals surface area contributed by atoms with Crippen LogP contribution in [0.1, 0.15) is 51.7 Å². The van der Waals surface area contributed by atoms with Crippen LogP contribution in [0.25, 0.3) is 31.4 Å². The lowest BCUT2D eigenvalue weighted by molar-refractivity contribution is -0.765. The van der Waals surface area contributed by atoms with Crippen molar-refractivity contribution < 1.29 is 4.57 Å². The highest BCUT2D eigenvalue weighted by molar-refractivity contribution is 7.26. The van der Waals surface area contributed by atoms with E-state index in [-0.39, 0.29) is 11.0 Å². The SMILES string of the molecule is CCC1(C)c2ccc3c(sc4c(C)cccc43)c2-c2cccc[n+]2C1(C)CC. The largest absolute Gasteiger partial charge is 0.214 e. The van der Waals surface area contributed by atoms with Crippen molar-refractivity contribution in [3.05, 3.63) is 65.9 Å². The van der Waals surface area contributed by atoms with Crippen LogP contribution in [0, 0.1) is 6.92 Å². The summed E-state index contributed by atoms with van der Waals surface area (Å²) in [5.41, 5.74) is 5.86. The maximum Gasteiger partial charge on any atom is 0.214 e. The first-order valence-electron chi connectivity index (χ1n) is 10.4. The van der Waals surface area contributed by atoms with Crippen LogP contribution in [0.2, 0.25) is 0 Å². The molecule has 5 rings (SSSR count). The Bertz CT molecular complexity index is 1230. The van der Waals surface area contributed by atoms with Gasteiger partial charge in [0.1, 0.15) is 0 Å². The second-order valence-corrected chi connectivity index (χ2v) is 9.71. The van der Waals surface area contributed by atoms with Gasteiger partial charge in [-0.2, -0.15) is 4.57 Å². The van der Waals surface area contributed by atoms with Gasteiger partial charge in [-0.1, -0.05) is 44.2 Å². The summed E-state index contributed by atoms with van der Waals surface area (Å²) in [6.07, 6.45) is 4.54.